The van der Waals surface area contributed by atoms with Crippen LogP contribution in [0.2, 0.25) is 0 Å². The molecule has 0 bridgehead atoms. The monoisotopic (exact) mass is 390 g/mol. The Labute approximate surface area is 171 Å². The number of carbonyl (C=O) groups is 1. The topological polar surface area (TPSA) is 55.8 Å². The Morgan fingerprint density at radius 3 is 2.17 bits per heavy atom. The number of aliphatic hydroxyl groups excluding tert-OH is 1. The first-order valence-electron chi connectivity index (χ1n) is 9.60. The van der Waals surface area contributed by atoms with E-state index in [2.05, 4.69) is 0 Å². The van der Waals surface area contributed by atoms with Gasteiger partial charge in [0.05, 0.1) is 12.2 Å². The van der Waals surface area contributed by atoms with Crippen molar-refractivity contribution in [2.75, 3.05) is 0 Å². The maximum Gasteiger partial charge on any atom is 0.338 e. The van der Waals surface area contributed by atoms with Crippen molar-refractivity contribution in [2.45, 2.75) is 39.6 Å². The lowest BCUT2D eigenvalue weighted by Crippen LogP contribution is -2.23. The third-order valence-corrected chi connectivity index (χ3v) is 4.32. The van der Waals surface area contributed by atoms with Gasteiger partial charge in [-0.2, -0.15) is 0 Å². The molecule has 0 fully saturated rings. The number of esters is 1. The van der Waals surface area contributed by atoms with Gasteiger partial charge in [-0.1, -0.05) is 48.5 Å². The summed E-state index contributed by atoms with van der Waals surface area (Å²) in [5, 5.41) is 9.77. The van der Waals surface area contributed by atoms with Gasteiger partial charge in [-0.3, -0.25) is 0 Å². The van der Waals surface area contributed by atoms with E-state index < -0.39 is 5.60 Å². The van der Waals surface area contributed by atoms with Crippen LogP contribution in [0.4, 0.5) is 0 Å². The number of aliphatic hydroxyl groups is 1. The highest BCUT2D eigenvalue weighted by atomic mass is 16.6. The molecular formula is C25H26O4. The Hall–Kier alpha value is -3.11. The SMILES string of the molecule is CC(C)(C)OC(=O)c1ccc(-c2ccc(OCc3ccccc3)c(CO)c2)cc1. The summed E-state index contributed by atoms with van der Waals surface area (Å²) in [5.74, 6) is 0.315. The first-order valence-corrected chi connectivity index (χ1v) is 9.60. The van der Waals surface area contributed by atoms with Crippen LogP contribution in [-0.2, 0) is 18.0 Å². The average molecular weight is 390 g/mol. The summed E-state index contributed by atoms with van der Waals surface area (Å²) in [5.41, 5.74) is 3.65. The van der Waals surface area contributed by atoms with Crippen LogP contribution in [0.5, 0.6) is 5.75 Å². The summed E-state index contributed by atoms with van der Waals surface area (Å²) in [6.07, 6.45) is 0. The van der Waals surface area contributed by atoms with E-state index in [9.17, 15) is 9.90 Å². The number of ether oxygens (including phenoxy) is 2. The van der Waals surface area contributed by atoms with Crippen molar-refractivity contribution in [1.82, 2.24) is 0 Å². The molecule has 0 unspecified atom stereocenters. The molecule has 3 rings (SSSR count). The molecule has 0 atom stereocenters. The van der Waals surface area contributed by atoms with Gasteiger partial charge in [0, 0.05) is 5.56 Å². The van der Waals surface area contributed by atoms with E-state index in [1.54, 1.807) is 12.1 Å². The molecule has 4 heteroatoms. The van der Waals surface area contributed by atoms with Crippen molar-refractivity contribution in [1.29, 1.82) is 0 Å². The summed E-state index contributed by atoms with van der Waals surface area (Å²) < 4.78 is 11.3. The van der Waals surface area contributed by atoms with Crippen molar-refractivity contribution >= 4 is 5.97 Å². The normalized spacial score (nSPS) is 11.2. The Bertz CT molecular complexity index is 954. The van der Waals surface area contributed by atoms with E-state index in [0.717, 1.165) is 22.3 Å². The molecule has 0 heterocycles. The zero-order valence-electron chi connectivity index (χ0n) is 17.0. The quantitative estimate of drug-likeness (QED) is 0.574. The zero-order chi connectivity index (χ0) is 20.9. The molecule has 0 aliphatic rings. The van der Waals surface area contributed by atoms with Crippen molar-refractivity contribution in [3.05, 3.63) is 89.5 Å². The summed E-state index contributed by atoms with van der Waals surface area (Å²) in [7, 11) is 0. The van der Waals surface area contributed by atoms with Gasteiger partial charge < -0.3 is 14.6 Å². The van der Waals surface area contributed by atoms with Crippen LogP contribution in [-0.4, -0.2) is 16.7 Å². The van der Waals surface area contributed by atoms with Crippen LogP contribution >= 0.6 is 0 Å². The van der Waals surface area contributed by atoms with Crippen molar-refractivity contribution < 1.29 is 19.4 Å². The Kier molecular flexibility index (Phi) is 6.35. The lowest BCUT2D eigenvalue weighted by molar-refractivity contribution is 0.00695. The van der Waals surface area contributed by atoms with E-state index in [4.69, 9.17) is 9.47 Å². The van der Waals surface area contributed by atoms with Crippen molar-refractivity contribution in [2.24, 2.45) is 0 Å². The molecule has 150 valence electrons. The average Bonchev–Trinajstić information content (AvgIpc) is 2.72. The molecular weight excluding hydrogens is 364 g/mol. The predicted octanol–water partition coefficient (Wildman–Crippen LogP) is 5.38. The second kappa shape index (κ2) is 8.93. The van der Waals surface area contributed by atoms with Crippen LogP contribution < -0.4 is 4.74 Å². The predicted molar refractivity (Wildman–Crippen MR) is 114 cm³/mol. The van der Waals surface area contributed by atoms with Gasteiger partial charge in [-0.25, -0.2) is 4.79 Å². The van der Waals surface area contributed by atoms with Crippen LogP contribution in [0.1, 0.15) is 42.3 Å². The molecule has 4 nitrogen and oxygen atoms in total. The third kappa shape index (κ3) is 5.69. The van der Waals surface area contributed by atoms with Crippen LogP contribution in [0.15, 0.2) is 72.8 Å². The maximum absolute atomic E-state index is 12.2. The van der Waals surface area contributed by atoms with Crippen molar-refractivity contribution in [3.8, 4) is 16.9 Å². The molecule has 29 heavy (non-hydrogen) atoms. The number of hydrogen-bond donors (Lipinski definition) is 1. The minimum absolute atomic E-state index is 0.117. The molecule has 0 saturated carbocycles. The van der Waals surface area contributed by atoms with Gasteiger partial charge in [0.15, 0.2) is 0 Å². The number of hydrogen-bond acceptors (Lipinski definition) is 4. The Morgan fingerprint density at radius 2 is 1.55 bits per heavy atom. The number of benzene rings is 3. The van der Waals surface area contributed by atoms with Gasteiger partial charge in [0.2, 0.25) is 0 Å². The lowest BCUT2D eigenvalue weighted by atomic mass is 10.0. The standard InChI is InChI=1S/C25H26O4/c1-25(2,3)29-24(27)20-11-9-19(10-12-20)21-13-14-23(22(15-21)16-26)28-17-18-7-5-4-6-8-18/h4-15,26H,16-17H2,1-3H3. The molecule has 0 radical (unpaired) electrons. The molecule has 0 saturated heterocycles. The van der Waals surface area contributed by atoms with E-state index in [1.165, 1.54) is 0 Å². The summed E-state index contributed by atoms with van der Waals surface area (Å²) in [6.45, 7) is 5.86. The highest BCUT2D eigenvalue weighted by Gasteiger charge is 2.17. The first-order chi connectivity index (χ1) is 13.9. The fraction of sp³-hybridized carbons (Fsp3) is 0.240. The van der Waals surface area contributed by atoms with Gasteiger partial charge >= 0.3 is 5.97 Å². The third-order valence-electron chi connectivity index (χ3n) is 4.32. The first kappa shape index (κ1) is 20.6. The maximum atomic E-state index is 12.2. The number of rotatable bonds is 6. The van der Waals surface area contributed by atoms with E-state index in [0.29, 0.717) is 17.9 Å². The van der Waals surface area contributed by atoms with Gasteiger partial charge in [-0.15, -0.1) is 0 Å². The highest BCUT2D eigenvalue weighted by molar-refractivity contribution is 5.90. The minimum atomic E-state index is -0.526. The molecule has 3 aromatic rings. The lowest BCUT2D eigenvalue weighted by Gasteiger charge is -2.19. The Balaban J connectivity index is 1.74. The zero-order valence-corrected chi connectivity index (χ0v) is 17.0. The van der Waals surface area contributed by atoms with Gasteiger partial charge in [-0.05, 0) is 61.7 Å². The van der Waals surface area contributed by atoms with Crippen molar-refractivity contribution in [3.63, 3.8) is 0 Å². The van der Waals surface area contributed by atoms with E-state index in [-0.39, 0.29) is 12.6 Å². The Morgan fingerprint density at radius 1 is 0.897 bits per heavy atom. The van der Waals surface area contributed by atoms with Crippen LogP contribution in [0.3, 0.4) is 0 Å². The van der Waals surface area contributed by atoms with E-state index in [1.807, 2.05) is 81.4 Å². The summed E-state index contributed by atoms with van der Waals surface area (Å²) in [6, 6.07) is 22.9. The second-order valence-electron chi connectivity index (χ2n) is 7.83. The fourth-order valence-electron chi connectivity index (χ4n) is 2.89. The molecule has 0 amide bonds. The molecule has 3 aromatic carbocycles. The molecule has 0 aliphatic carbocycles. The molecule has 0 aliphatic heterocycles. The summed E-state index contributed by atoms with van der Waals surface area (Å²) >= 11 is 0. The summed E-state index contributed by atoms with van der Waals surface area (Å²) in [4.78, 5) is 12.2. The molecule has 0 spiro atoms. The van der Waals surface area contributed by atoms with E-state index >= 15 is 0 Å². The largest absolute Gasteiger partial charge is 0.489 e. The van der Waals surface area contributed by atoms with Crippen LogP contribution in [0, 0.1) is 0 Å². The number of carbonyl (C=O) groups excluding carboxylic acids is 1. The fourth-order valence-corrected chi connectivity index (χ4v) is 2.89. The van der Waals surface area contributed by atoms with Gasteiger partial charge in [0.25, 0.3) is 0 Å². The molecule has 0 aromatic heterocycles. The second-order valence-corrected chi connectivity index (χ2v) is 7.83. The van der Waals surface area contributed by atoms with Crippen LogP contribution in [0.25, 0.3) is 11.1 Å². The smallest absolute Gasteiger partial charge is 0.338 e. The highest BCUT2D eigenvalue weighted by Crippen LogP contribution is 2.28. The molecule has 1 N–H and O–H groups in total. The minimum Gasteiger partial charge on any atom is -0.489 e. The van der Waals surface area contributed by atoms with Gasteiger partial charge in [0.1, 0.15) is 18.0 Å².